The van der Waals surface area contributed by atoms with Crippen LogP contribution >= 0.6 is 23.1 Å². The molecule has 4 aromatic rings. The fraction of sp³-hybridized carbons (Fsp3) is 0.174. The van der Waals surface area contributed by atoms with E-state index >= 15 is 0 Å². The highest BCUT2D eigenvalue weighted by atomic mass is 32.2. The van der Waals surface area contributed by atoms with Gasteiger partial charge in [-0.25, -0.2) is 0 Å². The van der Waals surface area contributed by atoms with Gasteiger partial charge >= 0.3 is 0 Å². The van der Waals surface area contributed by atoms with Crippen molar-refractivity contribution in [3.8, 4) is 27.9 Å². The molecule has 5 rings (SSSR count). The summed E-state index contributed by atoms with van der Waals surface area (Å²) in [6.45, 7) is 0. The van der Waals surface area contributed by atoms with Gasteiger partial charge in [-0.2, -0.15) is 5.26 Å². The highest BCUT2D eigenvalue weighted by molar-refractivity contribution is 7.98. The Morgan fingerprint density at radius 2 is 1.86 bits per heavy atom. The van der Waals surface area contributed by atoms with E-state index in [2.05, 4.69) is 62.6 Å². The third kappa shape index (κ3) is 3.71. The largest absolute Gasteiger partial charge is 0.298 e. The minimum Gasteiger partial charge on any atom is -0.298 e. The number of thioether (sulfide) groups is 1. The first-order chi connectivity index (χ1) is 14.3. The van der Waals surface area contributed by atoms with Crippen molar-refractivity contribution in [1.82, 2.24) is 14.8 Å². The van der Waals surface area contributed by atoms with Gasteiger partial charge < -0.3 is 0 Å². The van der Waals surface area contributed by atoms with Crippen molar-refractivity contribution >= 4 is 23.1 Å². The van der Waals surface area contributed by atoms with E-state index in [1.165, 1.54) is 23.3 Å². The van der Waals surface area contributed by atoms with Gasteiger partial charge in [0.15, 0.2) is 11.0 Å². The summed E-state index contributed by atoms with van der Waals surface area (Å²) in [5.74, 6) is 1.84. The van der Waals surface area contributed by atoms with Crippen LogP contribution in [-0.2, 0) is 5.75 Å². The topological polar surface area (TPSA) is 54.5 Å². The van der Waals surface area contributed by atoms with Crippen molar-refractivity contribution in [2.24, 2.45) is 0 Å². The van der Waals surface area contributed by atoms with Crippen LogP contribution in [0.25, 0.3) is 21.8 Å². The number of benzene rings is 2. The van der Waals surface area contributed by atoms with Gasteiger partial charge in [-0.05, 0) is 47.0 Å². The van der Waals surface area contributed by atoms with Crippen LogP contribution in [0.5, 0.6) is 0 Å². The van der Waals surface area contributed by atoms with Crippen LogP contribution in [0.1, 0.15) is 30.0 Å². The van der Waals surface area contributed by atoms with Gasteiger partial charge in [-0.15, -0.1) is 21.5 Å². The van der Waals surface area contributed by atoms with E-state index in [0.29, 0.717) is 11.6 Å². The molecule has 0 unspecified atom stereocenters. The minimum atomic E-state index is 0.537. The maximum atomic E-state index is 9.32. The maximum absolute atomic E-state index is 9.32. The second kappa shape index (κ2) is 7.86. The summed E-state index contributed by atoms with van der Waals surface area (Å²) in [6, 6.07) is 23.1. The lowest BCUT2D eigenvalue weighted by Gasteiger charge is -2.08. The Bertz CT molecular complexity index is 1170. The molecule has 1 aliphatic carbocycles. The number of hydrogen-bond donors (Lipinski definition) is 0. The highest BCUT2D eigenvalue weighted by Crippen LogP contribution is 2.42. The lowest BCUT2D eigenvalue weighted by Crippen LogP contribution is -1.99. The van der Waals surface area contributed by atoms with E-state index in [4.69, 9.17) is 0 Å². The third-order valence-electron chi connectivity index (χ3n) is 5.00. The molecule has 4 nitrogen and oxygen atoms in total. The molecule has 0 amide bonds. The number of rotatable bonds is 6. The quantitative estimate of drug-likeness (QED) is 0.354. The van der Waals surface area contributed by atoms with Crippen LogP contribution < -0.4 is 0 Å². The number of nitrogens with zero attached hydrogens (tertiary/aromatic N) is 4. The van der Waals surface area contributed by atoms with Gasteiger partial charge in [-0.1, -0.05) is 60.3 Å². The zero-order valence-corrected chi connectivity index (χ0v) is 17.3. The van der Waals surface area contributed by atoms with E-state index in [1.54, 1.807) is 23.1 Å². The van der Waals surface area contributed by atoms with Crippen LogP contribution in [0.4, 0.5) is 0 Å². The normalized spacial score (nSPS) is 13.3. The zero-order chi connectivity index (χ0) is 19.6. The van der Waals surface area contributed by atoms with E-state index in [1.807, 2.05) is 24.3 Å². The summed E-state index contributed by atoms with van der Waals surface area (Å²) in [5.41, 5.74) is 3.98. The molecule has 2 aromatic carbocycles. The second-order valence-electron chi connectivity index (χ2n) is 7.03. The highest BCUT2D eigenvalue weighted by Gasteiger charge is 2.30. The van der Waals surface area contributed by atoms with E-state index in [9.17, 15) is 5.26 Å². The molecule has 1 saturated carbocycles. The Kier molecular flexibility index (Phi) is 4.92. The monoisotopic (exact) mass is 414 g/mol. The molecular formula is C23H18N4S2. The Hall–Kier alpha value is -2.88. The fourth-order valence-corrected chi connectivity index (χ4v) is 5.04. The van der Waals surface area contributed by atoms with Crippen LogP contribution in [0.15, 0.2) is 71.2 Å². The number of aromatic nitrogens is 3. The summed E-state index contributed by atoms with van der Waals surface area (Å²) < 4.78 is 2.31. The van der Waals surface area contributed by atoms with Crippen molar-refractivity contribution in [1.29, 1.82) is 5.26 Å². The molecule has 142 valence electrons. The van der Waals surface area contributed by atoms with Crippen molar-refractivity contribution in [2.45, 2.75) is 29.8 Å². The van der Waals surface area contributed by atoms with Gasteiger partial charge in [0, 0.05) is 11.8 Å². The first-order valence-electron chi connectivity index (χ1n) is 9.53. The molecule has 0 saturated heterocycles. The summed E-state index contributed by atoms with van der Waals surface area (Å²) >= 11 is 3.45. The third-order valence-corrected chi connectivity index (χ3v) is 6.88. The number of nitriles is 1. The first-order valence-corrected chi connectivity index (χ1v) is 11.4. The van der Waals surface area contributed by atoms with Gasteiger partial charge in [0.25, 0.3) is 0 Å². The summed E-state index contributed by atoms with van der Waals surface area (Å²) in [5, 5.41) is 21.4. The number of hydrogen-bond acceptors (Lipinski definition) is 5. The molecule has 2 heterocycles. The molecule has 0 aliphatic heterocycles. The predicted octanol–water partition coefficient (Wildman–Crippen LogP) is 6.17. The van der Waals surface area contributed by atoms with E-state index in [0.717, 1.165) is 27.9 Å². The molecule has 0 atom stereocenters. The van der Waals surface area contributed by atoms with Gasteiger partial charge in [0.1, 0.15) is 0 Å². The molecule has 1 fully saturated rings. The molecule has 29 heavy (non-hydrogen) atoms. The average Bonchev–Trinajstić information content (AvgIpc) is 3.29. The van der Waals surface area contributed by atoms with E-state index < -0.39 is 0 Å². The molecule has 0 N–H and O–H groups in total. The zero-order valence-electron chi connectivity index (χ0n) is 15.7. The average molecular weight is 415 g/mol. The molecule has 0 spiro atoms. The molecule has 1 aliphatic rings. The predicted molar refractivity (Wildman–Crippen MR) is 118 cm³/mol. The van der Waals surface area contributed by atoms with Gasteiger partial charge in [0.05, 0.1) is 16.5 Å². The van der Waals surface area contributed by atoms with E-state index in [-0.39, 0.29) is 0 Å². The van der Waals surface area contributed by atoms with Crippen LogP contribution in [0.2, 0.25) is 0 Å². The molecule has 2 aromatic heterocycles. The minimum absolute atomic E-state index is 0.537. The first kappa shape index (κ1) is 18.2. The van der Waals surface area contributed by atoms with Gasteiger partial charge in [0.2, 0.25) is 0 Å². The van der Waals surface area contributed by atoms with Crippen molar-refractivity contribution in [2.75, 3.05) is 0 Å². The van der Waals surface area contributed by atoms with Gasteiger partial charge in [-0.3, -0.25) is 4.57 Å². The Morgan fingerprint density at radius 3 is 2.59 bits per heavy atom. The molecular weight excluding hydrogens is 396 g/mol. The van der Waals surface area contributed by atoms with Crippen LogP contribution in [-0.4, -0.2) is 14.8 Å². The van der Waals surface area contributed by atoms with Crippen molar-refractivity contribution in [3.63, 3.8) is 0 Å². The lowest BCUT2D eigenvalue weighted by atomic mass is 10.00. The summed E-state index contributed by atoms with van der Waals surface area (Å²) in [6.07, 6.45) is 2.41. The SMILES string of the molecule is N#Cc1ccccc1-c1ccc(CSc2nnc(-c3cccs3)n2C2CC2)cc1. The Morgan fingerprint density at radius 1 is 1.03 bits per heavy atom. The molecule has 6 heteroatoms. The Balaban J connectivity index is 1.34. The second-order valence-corrected chi connectivity index (χ2v) is 8.92. The lowest BCUT2D eigenvalue weighted by molar-refractivity contribution is 0.670. The van der Waals surface area contributed by atoms with Crippen LogP contribution in [0, 0.1) is 11.3 Å². The smallest absolute Gasteiger partial charge is 0.192 e. The standard InChI is InChI=1S/C23H18N4S2/c24-14-18-4-1-2-5-20(18)17-9-7-16(8-10-17)15-29-23-26-25-22(21-6-3-13-28-21)27(23)19-11-12-19/h1-10,13,19H,11-12,15H2. The maximum Gasteiger partial charge on any atom is 0.192 e. The number of thiophene rings is 1. The van der Waals surface area contributed by atoms with Crippen molar-refractivity contribution < 1.29 is 0 Å². The Labute approximate surface area is 177 Å². The van der Waals surface area contributed by atoms with Crippen LogP contribution in [0.3, 0.4) is 0 Å². The van der Waals surface area contributed by atoms with Crippen molar-refractivity contribution in [3.05, 3.63) is 77.2 Å². The molecule has 0 radical (unpaired) electrons. The molecule has 0 bridgehead atoms. The summed E-state index contributed by atoms with van der Waals surface area (Å²) in [7, 11) is 0. The fourth-order valence-electron chi connectivity index (χ4n) is 3.37. The summed E-state index contributed by atoms with van der Waals surface area (Å²) in [4.78, 5) is 1.18.